The van der Waals surface area contributed by atoms with Crippen LogP contribution in [0.5, 0.6) is 0 Å². The van der Waals surface area contributed by atoms with E-state index in [2.05, 4.69) is 20.7 Å². The predicted octanol–water partition coefficient (Wildman–Crippen LogP) is 0.216. The maximum absolute atomic E-state index is 12.9. The molecule has 1 fully saturated rings. The van der Waals surface area contributed by atoms with Crippen LogP contribution in [0.2, 0.25) is 0 Å². The number of rotatable bonds is 3. The Balaban J connectivity index is 1.68. The molecule has 0 bridgehead atoms. The minimum atomic E-state index is -0.348. The summed E-state index contributed by atoms with van der Waals surface area (Å²) in [5, 5.41) is 14.7. The van der Waals surface area contributed by atoms with Crippen molar-refractivity contribution in [3.63, 3.8) is 0 Å². The van der Waals surface area contributed by atoms with Crippen molar-refractivity contribution in [3.8, 4) is 11.4 Å². The molecule has 0 unspecified atom stereocenters. The van der Waals surface area contributed by atoms with Gasteiger partial charge in [-0.3, -0.25) is 9.59 Å². The number of nitrogens with one attached hydrogen (secondary N) is 1. The molecule has 1 aromatic heterocycles. The summed E-state index contributed by atoms with van der Waals surface area (Å²) in [7, 11) is 0. The third-order valence-corrected chi connectivity index (χ3v) is 3.86. The minimum absolute atomic E-state index is 0.0605. The summed E-state index contributed by atoms with van der Waals surface area (Å²) in [5.74, 6) is -0.264. The zero-order valence-electron chi connectivity index (χ0n) is 13.1. The Morgan fingerprint density at radius 2 is 2.12 bits per heavy atom. The molecule has 1 aliphatic rings. The highest BCUT2D eigenvalue weighted by Gasteiger charge is 2.25. The van der Waals surface area contributed by atoms with Gasteiger partial charge in [0.05, 0.1) is 0 Å². The first-order valence-corrected chi connectivity index (χ1v) is 7.63. The van der Waals surface area contributed by atoms with Crippen LogP contribution in [0.3, 0.4) is 0 Å². The van der Waals surface area contributed by atoms with Crippen molar-refractivity contribution in [2.45, 2.75) is 25.9 Å². The van der Waals surface area contributed by atoms with Gasteiger partial charge in [-0.05, 0) is 36.4 Å². The average Bonchev–Trinajstić information content (AvgIpc) is 2.94. The van der Waals surface area contributed by atoms with Crippen LogP contribution in [0, 0.1) is 5.82 Å². The molecule has 2 heterocycles. The summed E-state index contributed by atoms with van der Waals surface area (Å²) in [4.78, 5) is 26.7. The predicted molar refractivity (Wildman–Crippen MR) is 82.0 cm³/mol. The van der Waals surface area contributed by atoms with Crippen LogP contribution in [0.15, 0.2) is 24.3 Å². The van der Waals surface area contributed by atoms with Gasteiger partial charge >= 0.3 is 0 Å². The molecule has 0 spiro atoms. The number of benzene rings is 1. The molecular weight excluding hydrogens is 315 g/mol. The second kappa shape index (κ2) is 6.73. The Labute approximate surface area is 137 Å². The summed E-state index contributed by atoms with van der Waals surface area (Å²) in [6.07, 6.45) is 0.279. The van der Waals surface area contributed by atoms with E-state index < -0.39 is 0 Å². The van der Waals surface area contributed by atoms with Crippen molar-refractivity contribution in [1.82, 2.24) is 30.4 Å². The maximum Gasteiger partial charge on any atom is 0.246 e. The summed E-state index contributed by atoms with van der Waals surface area (Å²) >= 11 is 0. The van der Waals surface area contributed by atoms with Gasteiger partial charge in [-0.25, -0.2) is 4.39 Å². The lowest BCUT2D eigenvalue weighted by molar-refractivity contribution is -0.134. The quantitative estimate of drug-likeness (QED) is 0.868. The second-order valence-electron chi connectivity index (χ2n) is 5.64. The summed E-state index contributed by atoms with van der Waals surface area (Å²) < 4.78 is 12.9. The fraction of sp³-hybridized carbons (Fsp3) is 0.400. The number of nitrogens with zero attached hydrogens (tertiary/aromatic N) is 5. The maximum atomic E-state index is 12.9. The number of carbonyl (C=O) groups is 2. The van der Waals surface area contributed by atoms with Gasteiger partial charge in [0.1, 0.15) is 12.4 Å². The van der Waals surface area contributed by atoms with Crippen LogP contribution < -0.4 is 5.32 Å². The summed E-state index contributed by atoms with van der Waals surface area (Å²) in [6, 6.07) is 5.62. The van der Waals surface area contributed by atoms with Crippen LogP contribution in [0.25, 0.3) is 11.4 Å². The number of aromatic nitrogens is 4. The van der Waals surface area contributed by atoms with Crippen molar-refractivity contribution < 1.29 is 14.0 Å². The fourth-order valence-corrected chi connectivity index (χ4v) is 2.51. The minimum Gasteiger partial charge on any atom is -0.354 e. The Morgan fingerprint density at radius 3 is 2.88 bits per heavy atom. The van der Waals surface area contributed by atoms with Crippen LogP contribution in [-0.2, 0) is 16.1 Å². The molecule has 2 aromatic rings. The first-order chi connectivity index (χ1) is 11.5. The molecule has 1 aliphatic heterocycles. The molecule has 0 aliphatic carbocycles. The lowest BCUT2D eigenvalue weighted by Crippen LogP contribution is -2.43. The van der Waals surface area contributed by atoms with Gasteiger partial charge in [-0.1, -0.05) is 0 Å². The normalized spacial score (nSPS) is 18.2. The summed E-state index contributed by atoms with van der Waals surface area (Å²) in [5.41, 5.74) is 0.619. The van der Waals surface area contributed by atoms with E-state index in [1.165, 1.54) is 16.9 Å². The third kappa shape index (κ3) is 3.55. The number of amides is 2. The van der Waals surface area contributed by atoms with E-state index in [9.17, 15) is 14.0 Å². The Bertz CT molecular complexity index is 745. The van der Waals surface area contributed by atoms with E-state index in [1.54, 1.807) is 17.0 Å². The lowest BCUT2D eigenvalue weighted by atomic mass is 10.2. The second-order valence-corrected chi connectivity index (χ2v) is 5.64. The van der Waals surface area contributed by atoms with Crippen LogP contribution >= 0.6 is 0 Å². The molecule has 0 saturated carbocycles. The van der Waals surface area contributed by atoms with E-state index in [0.717, 1.165) is 0 Å². The number of hydrogen-bond acceptors (Lipinski definition) is 5. The van der Waals surface area contributed by atoms with Gasteiger partial charge in [0.25, 0.3) is 0 Å². The Morgan fingerprint density at radius 1 is 1.38 bits per heavy atom. The van der Waals surface area contributed by atoms with Gasteiger partial charge in [0, 0.05) is 31.1 Å². The zero-order valence-corrected chi connectivity index (χ0v) is 13.1. The molecule has 3 rings (SSSR count). The van der Waals surface area contributed by atoms with Crippen LogP contribution in [-0.4, -0.2) is 56.1 Å². The number of carbonyl (C=O) groups excluding carboxylic acids is 2. The molecule has 0 radical (unpaired) electrons. The fourth-order valence-electron chi connectivity index (χ4n) is 2.51. The zero-order chi connectivity index (χ0) is 17.1. The van der Waals surface area contributed by atoms with E-state index in [-0.39, 0.29) is 36.6 Å². The van der Waals surface area contributed by atoms with Crippen LogP contribution in [0.4, 0.5) is 4.39 Å². The van der Waals surface area contributed by atoms with Crippen molar-refractivity contribution in [3.05, 3.63) is 30.1 Å². The third-order valence-electron chi connectivity index (χ3n) is 3.86. The largest absolute Gasteiger partial charge is 0.354 e. The van der Waals surface area contributed by atoms with E-state index in [4.69, 9.17) is 0 Å². The van der Waals surface area contributed by atoms with Crippen molar-refractivity contribution in [2.24, 2.45) is 0 Å². The van der Waals surface area contributed by atoms with Crippen LogP contribution in [0.1, 0.15) is 13.3 Å². The molecule has 8 nitrogen and oxygen atoms in total. The highest BCUT2D eigenvalue weighted by Crippen LogP contribution is 2.14. The SMILES string of the molecule is C[C@@H]1CNC(=O)CCN1C(=O)Cn1nnc(-c2ccc(F)cc2)n1. The Kier molecular flexibility index (Phi) is 4.50. The molecule has 1 aromatic carbocycles. The van der Waals surface area contributed by atoms with Crippen molar-refractivity contribution in [1.29, 1.82) is 0 Å². The van der Waals surface area contributed by atoms with Gasteiger partial charge in [-0.15, -0.1) is 10.2 Å². The van der Waals surface area contributed by atoms with Gasteiger partial charge < -0.3 is 10.2 Å². The number of halogens is 1. The van der Waals surface area contributed by atoms with E-state index in [1.807, 2.05) is 6.92 Å². The van der Waals surface area contributed by atoms with Crippen molar-refractivity contribution >= 4 is 11.8 Å². The average molecular weight is 332 g/mol. The smallest absolute Gasteiger partial charge is 0.246 e. The van der Waals surface area contributed by atoms with Gasteiger partial charge in [-0.2, -0.15) is 4.80 Å². The summed E-state index contributed by atoms with van der Waals surface area (Å²) in [6.45, 7) is 2.61. The first kappa shape index (κ1) is 16.0. The molecule has 2 amide bonds. The van der Waals surface area contributed by atoms with Crippen molar-refractivity contribution in [2.75, 3.05) is 13.1 Å². The molecule has 9 heteroatoms. The van der Waals surface area contributed by atoms with Gasteiger partial charge in [0.2, 0.25) is 17.6 Å². The van der Waals surface area contributed by atoms with E-state index in [0.29, 0.717) is 24.5 Å². The Hall–Kier alpha value is -2.84. The lowest BCUT2D eigenvalue weighted by Gasteiger charge is -2.26. The van der Waals surface area contributed by atoms with Gasteiger partial charge in [0.15, 0.2) is 0 Å². The first-order valence-electron chi connectivity index (χ1n) is 7.63. The highest BCUT2D eigenvalue weighted by molar-refractivity contribution is 5.80. The number of hydrogen-bond donors (Lipinski definition) is 1. The number of tetrazole rings is 1. The molecule has 1 N–H and O–H groups in total. The molecule has 1 atom stereocenters. The topological polar surface area (TPSA) is 93.0 Å². The highest BCUT2D eigenvalue weighted by atomic mass is 19.1. The standard InChI is InChI=1S/C15H17FN6O2/c1-10-8-17-13(23)6-7-21(10)14(24)9-22-19-15(18-20-22)11-2-4-12(16)5-3-11/h2-5,10H,6-9H2,1H3,(H,17,23)/t10-/m1/s1. The molecule has 1 saturated heterocycles. The monoisotopic (exact) mass is 332 g/mol. The van der Waals surface area contributed by atoms with E-state index >= 15 is 0 Å². The molecule has 126 valence electrons. The molecule has 24 heavy (non-hydrogen) atoms. The molecular formula is C15H17FN6O2.